The summed E-state index contributed by atoms with van der Waals surface area (Å²) in [5, 5.41) is 16.4. The molecule has 0 fully saturated rings. The summed E-state index contributed by atoms with van der Waals surface area (Å²) in [5.74, 6) is -1.81. The van der Waals surface area contributed by atoms with Gasteiger partial charge in [-0.05, 0) is 41.8 Å². The van der Waals surface area contributed by atoms with Crippen molar-refractivity contribution in [2.45, 2.75) is 6.10 Å². The normalized spacial score (nSPS) is 12.1. The molecule has 0 radical (unpaired) electrons. The van der Waals surface area contributed by atoms with E-state index in [4.69, 9.17) is 4.42 Å². The Hall–Kier alpha value is -2.51. The fourth-order valence-electron chi connectivity index (χ4n) is 2.12. The molecule has 2 aromatic heterocycles. The first-order valence-corrected chi connectivity index (χ1v) is 8.02. The molecule has 7 heteroatoms. The number of thiophene rings is 1. The van der Waals surface area contributed by atoms with E-state index in [1.807, 2.05) is 16.8 Å². The second-order valence-corrected chi connectivity index (χ2v) is 5.85. The first-order valence-electron chi connectivity index (χ1n) is 7.08. The standard InChI is InChI=1S/C17H13F2NO3S/c18-12-2-1-10(7-13(12)19)17(22)20-8-14(21)16-4-3-15(23-16)11-5-6-24-9-11/h1-7,9,14,21H,8H2,(H,20,22)/t14-/m0/s1. The lowest BCUT2D eigenvalue weighted by molar-refractivity contribution is 0.0901. The predicted molar refractivity (Wildman–Crippen MR) is 85.7 cm³/mol. The van der Waals surface area contributed by atoms with Gasteiger partial charge in [0.05, 0.1) is 6.54 Å². The maximum Gasteiger partial charge on any atom is 0.251 e. The summed E-state index contributed by atoms with van der Waals surface area (Å²) in [5.41, 5.74) is 0.879. The van der Waals surface area contributed by atoms with Crippen LogP contribution in [0, 0.1) is 11.6 Å². The van der Waals surface area contributed by atoms with Crippen LogP contribution < -0.4 is 5.32 Å². The van der Waals surface area contributed by atoms with Gasteiger partial charge in [0.25, 0.3) is 5.91 Å². The molecule has 1 amide bonds. The third-order valence-electron chi connectivity index (χ3n) is 3.40. The van der Waals surface area contributed by atoms with Gasteiger partial charge in [0.1, 0.15) is 17.6 Å². The molecule has 124 valence electrons. The maximum absolute atomic E-state index is 13.1. The molecule has 0 bridgehead atoms. The Morgan fingerprint density at radius 1 is 1.21 bits per heavy atom. The van der Waals surface area contributed by atoms with Crippen molar-refractivity contribution < 1.29 is 23.1 Å². The van der Waals surface area contributed by atoms with Crippen LogP contribution in [-0.2, 0) is 0 Å². The van der Waals surface area contributed by atoms with Crippen LogP contribution in [0.3, 0.4) is 0 Å². The van der Waals surface area contributed by atoms with Gasteiger partial charge in [-0.15, -0.1) is 0 Å². The van der Waals surface area contributed by atoms with Crippen molar-refractivity contribution in [1.82, 2.24) is 5.32 Å². The van der Waals surface area contributed by atoms with Crippen LogP contribution in [0.4, 0.5) is 8.78 Å². The Morgan fingerprint density at radius 2 is 2.04 bits per heavy atom. The monoisotopic (exact) mass is 349 g/mol. The van der Waals surface area contributed by atoms with Crippen LogP contribution in [0.25, 0.3) is 11.3 Å². The number of furan rings is 1. The van der Waals surface area contributed by atoms with Crippen molar-refractivity contribution in [1.29, 1.82) is 0 Å². The second kappa shape index (κ2) is 6.94. The van der Waals surface area contributed by atoms with Gasteiger partial charge < -0.3 is 14.8 Å². The van der Waals surface area contributed by atoms with Crippen molar-refractivity contribution in [2.75, 3.05) is 6.54 Å². The number of amides is 1. The van der Waals surface area contributed by atoms with Crippen LogP contribution in [0.1, 0.15) is 22.2 Å². The summed E-state index contributed by atoms with van der Waals surface area (Å²) in [7, 11) is 0. The molecule has 0 spiro atoms. The smallest absolute Gasteiger partial charge is 0.251 e. The largest absolute Gasteiger partial charge is 0.458 e. The van der Waals surface area contributed by atoms with Gasteiger partial charge in [-0.3, -0.25) is 4.79 Å². The highest BCUT2D eigenvalue weighted by Gasteiger charge is 2.16. The molecule has 3 aromatic rings. The van der Waals surface area contributed by atoms with Gasteiger partial charge in [0.2, 0.25) is 0 Å². The van der Waals surface area contributed by atoms with E-state index in [0.717, 1.165) is 17.7 Å². The van der Waals surface area contributed by atoms with Gasteiger partial charge in [0, 0.05) is 16.5 Å². The average molecular weight is 349 g/mol. The highest BCUT2D eigenvalue weighted by Crippen LogP contribution is 2.26. The zero-order valence-electron chi connectivity index (χ0n) is 12.3. The zero-order valence-corrected chi connectivity index (χ0v) is 13.1. The zero-order chi connectivity index (χ0) is 17.1. The van der Waals surface area contributed by atoms with E-state index in [0.29, 0.717) is 11.5 Å². The van der Waals surface area contributed by atoms with E-state index < -0.39 is 23.6 Å². The summed E-state index contributed by atoms with van der Waals surface area (Å²) in [6, 6.07) is 8.10. The first kappa shape index (κ1) is 16.4. The third-order valence-corrected chi connectivity index (χ3v) is 4.08. The Labute approximate surface area is 140 Å². The van der Waals surface area contributed by atoms with Gasteiger partial charge >= 0.3 is 0 Å². The first-order chi connectivity index (χ1) is 11.5. The number of nitrogens with one attached hydrogen (secondary N) is 1. The number of carbonyl (C=O) groups excluding carboxylic acids is 1. The molecule has 0 saturated heterocycles. The molecule has 2 heterocycles. The summed E-state index contributed by atoms with van der Waals surface area (Å²) in [6.45, 7) is -0.117. The van der Waals surface area contributed by atoms with E-state index in [-0.39, 0.29) is 12.1 Å². The van der Waals surface area contributed by atoms with Crippen molar-refractivity contribution in [3.8, 4) is 11.3 Å². The van der Waals surface area contributed by atoms with Gasteiger partial charge in [-0.25, -0.2) is 8.78 Å². The van der Waals surface area contributed by atoms with Gasteiger partial charge in [-0.1, -0.05) is 0 Å². The summed E-state index contributed by atoms with van der Waals surface area (Å²) in [6.07, 6.45) is -1.05. The number of rotatable bonds is 5. The number of carbonyl (C=O) groups is 1. The van der Waals surface area contributed by atoms with Crippen LogP contribution in [0.5, 0.6) is 0 Å². The lowest BCUT2D eigenvalue weighted by atomic mass is 10.2. The molecule has 1 atom stereocenters. The van der Waals surface area contributed by atoms with Crippen molar-refractivity contribution in [3.05, 3.63) is 70.1 Å². The minimum atomic E-state index is -1.10. The molecule has 0 saturated carbocycles. The summed E-state index contributed by atoms with van der Waals surface area (Å²) < 4.78 is 31.5. The number of hydrogen-bond donors (Lipinski definition) is 2. The molecule has 0 aliphatic carbocycles. The van der Waals surface area contributed by atoms with Crippen LogP contribution in [0.2, 0.25) is 0 Å². The molecular formula is C17H13F2NO3S. The lowest BCUT2D eigenvalue weighted by Gasteiger charge is -2.10. The molecule has 24 heavy (non-hydrogen) atoms. The topological polar surface area (TPSA) is 62.5 Å². The Balaban J connectivity index is 1.62. The van der Waals surface area contributed by atoms with Gasteiger partial charge in [-0.2, -0.15) is 11.3 Å². The summed E-state index contributed by atoms with van der Waals surface area (Å²) in [4.78, 5) is 11.9. The molecule has 0 aliphatic heterocycles. The molecule has 4 nitrogen and oxygen atoms in total. The van der Waals surface area contributed by atoms with Crippen LogP contribution in [-0.4, -0.2) is 17.6 Å². The molecule has 3 rings (SSSR count). The number of halogens is 2. The fraction of sp³-hybridized carbons (Fsp3) is 0.118. The minimum Gasteiger partial charge on any atom is -0.458 e. The third kappa shape index (κ3) is 3.52. The molecule has 0 unspecified atom stereocenters. The van der Waals surface area contributed by atoms with E-state index in [1.165, 1.54) is 17.4 Å². The maximum atomic E-state index is 13.1. The van der Waals surface area contributed by atoms with E-state index in [1.54, 1.807) is 12.1 Å². The minimum absolute atomic E-state index is 0.0282. The number of aliphatic hydroxyl groups excluding tert-OH is 1. The second-order valence-electron chi connectivity index (χ2n) is 5.07. The quantitative estimate of drug-likeness (QED) is 0.737. The molecule has 0 aliphatic rings. The lowest BCUT2D eigenvalue weighted by Crippen LogP contribution is -2.28. The number of benzene rings is 1. The van der Waals surface area contributed by atoms with E-state index in [2.05, 4.69) is 5.32 Å². The fourth-order valence-corrected chi connectivity index (χ4v) is 2.77. The predicted octanol–water partition coefficient (Wildman–Crippen LogP) is 3.75. The van der Waals surface area contributed by atoms with E-state index in [9.17, 15) is 18.7 Å². The Kier molecular flexibility index (Phi) is 4.73. The van der Waals surface area contributed by atoms with Crippen LogP contribution in [0.15, 0.2) is 51.6 Å². The number of hydrogen-bond acceptors (Lipinski definition) is 4. The Bertz CT molecular complexity index is 845. The van der Waals surface area contributed by atoms with Crippen LogP contribution >= 0.6 is 11.3 Å². The molecule has 1 aromatic carbocycles. The Morgan fingerprint density at radius 3 is 2.75 bits per heavy atom. The molecule has 2 N–H and O–H groups in total. The van der Waals surface area contributed by atoms with Crippen molar-refractivity contribution in [3.63, 3.8) is 0 Å². The highest BCUT2D eigenvalue weighted by atomic mass is 32.1. The molecular weight excluding hydrogens is 336 g/mol. The highest BCUT2D eigenvalue weighted by molar-refractivity contribution is 7.08. The average Bonchev–Trinajstić information content (AvgIpc) is 3.25. The SMILES string of the molecule is O=C(NC[C@H](O)c1ccc(-c2ccsc2)o1)c1ccc(F)c(F)c1. The van der Waals surface area contributed by atoms with E-state index >= 15 is 0 Å². The summed E-state index contributed by atoms with van der Waals surface area (Å²) >= 11 is 1.53. The van der Waals surface area contributed by atoms with Crippen molar-refractivity contribution in [2.24, 2.45) is 0 Å². The van der Waals surface area contributed by atoms with Crippen molar-refractivity contribution >= 4 is 17.2 Å². The van der Waals surface area contributed by atoms with Gasteiger partial charge in [0.15, 0.2) is 11.6 Å². The number of aliphatic hydroxyl groups is 1.